The van der Waals surface area contributed by atoms with E-state index in [0.717, 1.165) is 0 Å². The summed E-state index contributed by atoms with van der Waals surface area (Å²) in [6.45, 7) is 0. The molecule has 0 atom stereocenters. The monoisotopic (exact) mass is 119 g/mol. The van der Waals surface area contributed by atoms with Gasteiger partial charge in [0, 0.05) is 11.4 Å². The lowest BCUT2D eigenvalue weighted by Crippen LogP contribution is -1.90. The predicted octanol–water partition coefficient (Wildman–Crippen LogP) is -0.388. The zero-order valence-corrected chi connectivity index (χ0v) is 4.29. The van der Waals surface area contributed by atoms with Gasteiger partial charge in [-0.25, -0.2) is 0 Å². The first kappa shape index (κ1) is 6.39. The number of hydrogen-bond acceptors (Lipinski definition) is 2. The largest absolute Gasteiger partial charge is 0.412 e. The third-order valence-electron chi connectivity index (χ3n) is 0.447. The first-order chi connectivity index (χ1) is 2.89. The van der Waals surface area contributed by atoms with Gasteiger partial charge in [0.25, 0.3) is 5.56 Å². The normalized spacial score (nSPS) is 7.43. The minimum Gasteiger partial charge on any atom is -0.412 e. The second-order valence-electron chi connectivity index (χ2n) is 0.887. The third kappa shape index (κ3) is 1.52. The van der Waals surface area contributed by atoms with E-state index in [2.05, 4.69) is 4.37 Å². The van der Waals surface area contributed by atoms with Crippen LogP contribution in [0.4, 0.5) is 0 Å². The average molecular weight is 119 g/mol. The molecule has 0 aliphatic heterocycles. The molecule has 0 saturated carbocycles. The van der Waals surface area contributed by atoms with Gasteiger partial charge >= 0.3 is 0 Å². The molecule has 0 radical (unpaired) electrons. The van der Waals surface area contributed by atoms with Gasteiger partial charge in [-0.15, -0.1) is 0 Å². The fraction of sp³-hybridized carbons (Fsp3) is 0. The molecular formula is C3H5NO2S. The number of aromatic nitrogens is 1. The summed E-state index contributed by atoms with van der Waals surface area (Å²) in [7, 11) is 0. The fourth-order valence-corrected chi connectivity index (χ4v) is 0.666. The maximum absolute atomic E-state index is 10.0. The summed E-state index contributed by atoms with van der Waals surface area (Å²) >= 11 is 1.30. The molecule has 1 aromatic rings. The molecule has 3 N–H and O–H groups in total. The van der Waals surface area contributed by atoms with E-state index in [4.69, 9.17) is 0 Å². The molecule has 0 fully saturated rings. The van der Waals surface area contributed by atoms with Gasteiger partial charge in [-0.1, -0.05) is 11.5 Å². The van der Waals surface area contributed by atoms with Crippen LogP contribution in [0.5, 0.6) is 0 Å². The van der Waals surface area contributed by atoms with Crippen molar-refractivity contribution < 1.29 is 5.48 Å². The van der Waals surface area contributed by atoms with Crippen LogP contribution in [0.3, 0.4) is 0 Å². The van der Waals surface area contributed by atoms with Gasteiger partial charge in [-0.2, -0.15) is 0 Å². The Kier molecular flexibility index (Phi) is 2.32. The fourth-order valence-electron chi connectivity index (χ4n) is 0.222. The first-order valence-corrected chi connectivity index (χ1v) is 2.40. The van der Waals surface area contributed by atoms with Crippen LogP contribution in [0.2, 0.25) is 0 Å². The Morgan fingerprint density at radius 3 is 2.57 bits per heavy atom. The van der Waals surface area contributed by atoms with Crippen molar-refractivity contribution in [2.45, 2.75) is 0 Å². The minimum absolute atomic E-state index is 0. The standard InChI is InChI=1S/C3H3NOS.H2O/c5-3-1-2-6-4-3;/h1-2H,(H,4,5);1H2. The highest BCUT2D eigenvalue weighted by molar-refractivity contribution is 7.03. The lowest BCUT2D eigenvalue weighted by atomic mass is 10.8. The van der Waals surface area contributed by atoms with Gasteiger partial charge < -0.3 is 5.48 Å². The molecule has 0 aliphatic rings. The highest BCUT2D eigenvalue weighted by Crippen LogP contribution is 1.77. The van der Waals surface area contributed by atoms with Gasteiger partial charge in [0.1, 0.15) is 0 Å². The Morgan fingerprint density at radius 2 is 2.43 bits per heavy atom. The Bertz CT molecular complexity index is 151. The van der Waals surface area contributed by atoms with Crippen LogP contribution >= 0.6 is 11.5 Å². The van der Waals surface area contributed by atoms with Crippen molar-refractivity contribution in [2.75, 3.05) is 0 Å². The van der Waals surface area contributed by atoms with Crippen LogP contribution in [0.25, 0.3) is 0 Å². The summed E-state index contributed by atoms with van der Waals surface area (Å²) < 4.78 is 2.49. The average Bonchev–Trinajstić information content (AvgIpc) is 1.86. The molecule has 0 bridgehead atoms. The highest BCUT2D eigenvalue weighted by Gasteiger charge is 1.72. The van der Waals surface area contributed by atoms with Crippen LogP contribution < -0.4 is 5.56 Å². The van der Waals surface area contributed by atoms with Crippen LogP contribution in [0.15, 0.2) is 16.2 Å². The molecule has 0 aliphatic carbocycles. The van der Waals surface area contributed by atoms with E-state index in [0.29, 0.717) is 0 Å². The molecule has 0 saturated heterocycles. The van der Waals surface area contributed by atoms with Crippen LogP contribution in [-0.2, 0) is 0 Å². The van der Waals surface area contributed by atoms with Crippen LogP contribution in [-0.4, -0.2) is 9.85 Å². The molecule has 0 unspecified atom stereocenters. The van der Waals surface area contributed by atoms with Gasteiger partial charge in [0.15, 0.2) is 0 Å². The van der Waals surface area contributed by atoms with Crippen molar-refractivity contribution in [1.29, 1.82) is 0 Å². The van der Waals surface area contributed by atoms with Crippen LogP contribution in [0, 0.1) is 0 Å². The topological polar surface area (TPSA) is 64.4 Å². The van der Waals surface area contributed by atoms with E-state index in [-0.39, 0.29) is 11.0 Å². The molecule has 1 heterocycles. The smallest absolute Gasteiger partial charge is 0.257 e. The maximum Gasteiger partial charge on any atom is 0.257 e. The second-order valence-corrected chi connectivity index (χ2v) is 1.60. The maximum atomic E-state index is 10.0. The summed E-state index contributed by atoms with van der Waals surface area (Å²) in [5, 5.41) is 1.71. The quantitative estimate of drug-likeness (QED) is 0.496. The zero-order chi connectivity index (χ0) is 4.41. The van der Waals surface area contributed by atoms with E-state index in [1.165, 1.54) is 17.6 Å². The van der Waals surface area contributed by atoms with Crippen molar-refractivity contribution in [3.05, 3.63) is 21.8 Å². The first-order valence-electron chi connectivity index (χ1n) is 1.52. The Balaban J connectivity index is 0.000000360. The van der Waals surface area contributed by atoms with Crippen molar-refractivity contribution in [3.8, 4) is 0 Å². The van der Waals surface area contributed by atoms with Crippen molar-refractivity contribution in [3.63, 3.8) is 0 Å². The van der Waals surface area contributed by atoms with E-state index in [1.54, 1.807) is 5.38 Å². The lowest BCUT2D eigenvalue weighted by molar-refractivity contribution is 0.824. The van der Waals surface area contributed by atoms with E-state index in [9.17, 15) is 4.79 Å². The molecule has 1 rings (SSSR count). The Morgan fingerprint density at radius 1 is 1.71 bits per heavy atom. The minimum atomic E-state index is -0.0139. The molecule has 4 heteroatoms. The molecule has 40 valence electrons. The molecule has 3 nitrogen and oxygen atoms in total. The van der Waals surface area contributed by atoms with E-state index in [1.807, 2.05) is 0 Å². The van der Waals surface area contributed by atoms with Crippen LogP contribution in [0.1, 0.15) is 0 Å². The third-order valence-corrected chi connectivity index (χ3v) is 1.04. The molecule has 1 aromatic heterocycles. The summed E-state index contributed by atoms with van der Waals surface area (Å²) in [5.41, 5.74) is -0.0139. The summed E-state index contributed by atoms with van der Waals surface area (Å²) in [4.78, 5) is 10.0. The van der Waals surface area contributed by atoms with Gasteiger partial charge in [-0.3, -0.25) is 9.17 Å². The lowest BCUT2D eigenvalue weighted by Gasteiger charge is -1.49. The predicted molar refractivity (Wildman–Crippen MR) is 28.6 cm³/mol. The van der Waals surface area contributed by atoms with E-state index >= 15 is 0 Å². The molecule has 0 amide bonds. The number of aromatic amines is 1. The van der Waals surface area contributed by atoms with Gasteiger partial charge in [-0.05, 0) is 0 Å². The molecular weight excluding hydrogens is 114 g/mol. The number of hydrogen-bond donors (Lipinski definition) is 1. The summed E-state index contributed by atoms with van der Waals surface area (Å²) in [5.74, 6) is 0. The highest BCUT2D eigenvalue weighted by atomic mass is 32.1. The van der Waals surface area contributed by atoms with Gasteiger partial charge in [0.2, 0.25) is 0 Å². The Labute approximate surface area is 44.1 Å². The van der Waals surface area contributed by atoms with Crippen molar-refractivity contribution in [2.24, 2.45) is 0 Å². The van der Waals surface area contributed by atoms with Crippen molar-refractivity contribution in [1.82, 2.24) is 4.37 Å². The number of rotatable bonds is 0. The van der Waals surface area contributed by atoms with Crippen molar-refractivity contribution >= 4 is 11.5 Å². The molecule has 7 heavy (non-hydrogen) atoms. The summed E-state index contributed by atoms with van der Waals surface area (Å²) in [6.07, 6.45) is 0. The molecule has 0 aromatic carbocycles. The summed E-state index contributed by atoms with van der Waals surface area (Å²) in [6, 6.07) is 1.49. The zero-order valence-electron chi connectivity index (χ0n) is 3.47. The van der Waals surface area contributed by atoms with Gasteiger partial charge in [0.05, 0.1) is 0 Å². The van der Waals surface area contributed by atoms with E-state index < -0.39 is 0 Å². The number of H-pyrrole nitrogens is 1. The SMILES string of the molecule is O.O=c1ccs[nH]1. The Hall–Kier alpha value is -0.610. The number of nitrogens with one attached hydrogen (secondary N) is 1. The molecule has 0 spiro atoms. The second kappa shape index (κ2) is 2.54.